The second kappa shape index (κ2) is 6.50. The van der Waals surface area contributed by atoms with Crippen molar-refractivity contribution in [1.29, 1.82) is 0 Å². The molecule has 2 saturated heterocycles. The molecule has 2 fully saturated rings. The topological polar surface area (TPSA) is 77.9 Å². The summed E-state index contributed by atoms with van der Waals surface area (Å²) in [6.45, 7) is 2.47. The van der Waals surface area contributed by atoms with E-state index in [0.717, 1.165) is 0 Å². The molecule has 0 spiro atoms. The van der Waals surface area contributed by atoms with Crippen LogP contribution in [0.4, 0.5) is 5.69 Å². The van der Waals surface area contributed by atoms with Gasteiger partial charge in [-0.3, -0.25) is 14.4 Å². The molecule has 2 atom stereocenters. The number of carboxylic acids is 1. The maximum absolute atomic E-state index is 12.7. The van der Waals surface area contributed by atoms with E-state index in [4.69, 9.17) is 23.2 Å². The highest BCUT2D eigenvalue weighted by molar-refractivity contribution is 6.36. The number of aliphatic carboxylic acids is 1. The molecule has 1 aromatic carbocycles. The van der Waals surface area contributed by atoms with Gasteiger partial charge in [0.15, 0.2) is 0 Å². The van der Waals surface area contributed by atoms with Crippen molar-refractivity contribution in [2.75, 3.05) is 24.5 Å². The summed E-state index contributed by atoms with van der Waals surface area (Å²) in [6.07, 6.45) is 0.764. The summed E-state index contributed by atoms with van der Waals surface area (Å²) >= 11 is 12.1. The monoisotopic (exact) mass is 384 g/mol. The summed E-state index contributed by atoms with van der Waals surface area (Å²) in [5.74, 6) is -2.35. The summed E-state index contributed by atoms with van der Waals surface area (Å²) in [6, 6.07) is 4.85. The highest BCUT2D eigenvalue weighted by Crippen LogP contribution is 2.36. The number of carboxylic acid groups (broad SMARTS) is 1. The van der Waals surface area contributed by atoms with Gasteiger partial charge in [-0.15, -0.1) is 0 Å². The van der Waals surface area contributed by atoms with Crippen LogP contribution in [0.2, 0.25) is 10.0 Å². The predicted molar refractivity (Wildman–Crippen MR) is 93.9 cm³/mol. The van der Waals surface area contributed by atoms with E-state index < -0.39 is 17.3 Å². The van der Waals surface area contributed by atoms with Crippen LogP contribution in [0.3, 0.4) is 0 Å². The maximum atomic E-state index is 12.7. The van der Waals surface area contributed by atoms with Crippen molar-refractivity contribution in [2.24, 2.45) is 11.3 Å². The van der Waals surface area contributed by atoms with Gasteiger partial charge >= 0.3 is 5.97 Å². The summed E-state index contributed by atoms with van der Waals surface area (Å²) in [4.78, 5) is 39.8. The summed E-state index contributed by atoms with van der Waals surface area (Å²) in [5.41, 5.74) is -0.459. The van der Waals surface area contributed by atoms with Crippen LogP contribution in [-0.2, 0) is 14.4 Å². The van der Waals surface area contributed by atoms with Crippen molar-refractivity contribution in [2.45, 2.75) is 19.8 Å². The molecule has 0 aliphatic carbocycles. The van der Waals surface area contributed by atoms with Crippen molar-refractivity contribution < 1.29 is 19.5 Å². The number of rotatable bonds is 3. The number of nitrogens with zero attached hydrogens (tertiary/aromatic N) is 2. The van der Waals surface area contributed by atoms with Crippen LogP contribution in [0.1, 0.15) is 19.8 Å². The van der Waals surface area contributed by atoms with Crippen molar-refractivity contribution in [3.8, 4) is 0 Å². The lowest BCUT2D eigenvalue weighted by Gasteiger charge is -2.23. The molecule has 2 aliphatic rings. The van der Waals surface area contributed by atoms with Gasteiger partial charge in [0.05, 0.1) is 16.1 Å². The molecule has 2 unspecified atom stereocenters. The van der Waals surface area contributed by atoms with E-state index in [2.05, 4.69) is 0 Å². The summed E-state index contributed by atoms with van der Waals surface area (Å²) in [7, 11) is 0. The van der Waals surface area contributed by atoms with E-state index in [0.29, 0.717) is 41.7 Å². The first kappa shape index (κ1) is 18.0. The Balaban J connectivity index is 1.75. The van der Waals surface area contributed by atoms with Crippen LogP contribution < -0.4 is 4.90 Å². The SMILES string of the molecule is CC1(C(=O)O)CCN(C(=O)C2CCN(c3cc(Cl)ccc3Cl)C2=O)C1. The minimum absolute atomic E-state index is 0.128. The fourth-order valence-electron chi connectivity index (χ4n) is 3.39. The van der Waals surface area contributed by atoms with Crippen LogP contribution >= 0.6 is 23.2 Å². The lowest BCUT2D eigenvalue weighted by Crippen LogP contribution is -2.41. The van der Waals surface area contributed by atoms with Gasteiger partial charge in [-0.2, -0.15) is 0 Å². The number of hydrogen-bond acceptors (Lipinski definition) is 3. The van der Waals surface area contributed by atoms with E-state index in [1.54, 1.807) is 25.1 Å². The van der Waals surface area contributed by atoms with Crippen LogP contribution in [0, 0.1) is 11.3 Å². The Bertz CT molecular complexity index is 754. The van der Waals surface area contributed by atoms with Crippen LogP contribution in [0.15, 0.2) is 18.2 Å². The fraction of sp³-hybridized carbons (Fsp3) is 0.471. The molecule has 0 bridgehead atoms. The first-order chi connectivity index (χ1) is 11.7. The minimum Gasteiger partial charge on any atom is -0.481 e. The summed E-state index contributed by atoms with van der Waals surface area (Å²) in [5, 5.41) is 10.1. The third-order valence-corrected chi connectivity index (χ3v) is 5.56. The first-order valence-electron chi connectivity index (χ1n) is 8.01. The number of carbonyl (C=O) groups excluding carboxylic acids is 2. The molecule has 2 amide bonds. The minimum atomic E-state index is -0.951. The van der Waals surface area contributed by atoms with Crippen molar-refractivity contribution in [1.82, 2.24) is 4.90 Å². The number of benzene rings is 1. The molecule has 1 aromatic rings. The average Bonchev–Trinajstić information content (AvgIpc) is 3.14. The molecular formula is C17H18Cl2N2O4. The van der Waals surface area contributed by atoms with Gasteiger partial charge in [-0.1, -0.05) is 23.2 Å². The largest absolute Gasteiger partial charge is 0.481 e. The number of halogens is 2. The van der Waals surface area contributed by atoms with Crippen LogP contribution in [0.5, 0.6) is 0 Å². The molecule has 25 heavy (non-hydrogen) atoms. The number of hydrogen-bond donors (Lipinski definition) is 1. The third-order valence-electron chi connectivity index (χ3n) is 5.00. The molecule has 8 heteroatoms. The molecule has 2 heterocycles. The van der Waals surface area contributed by atoms with E-state index in [-0.39, 0.29) is 18.4 Å². The summed E-state index contributed by atoms with van der Waals surface area (Å²) < 4.78 is 0. The second-order valence-electron chi connectivity index (χ2n) is 6.80. The number of likely N-dealkylation sites (tertiary alicyclic amines) is 1. The highest BCUT2D eigenvalue weighted by Gasteiger charge is 2.46. The van der Waals surface area contributed by atoms with Gasteiger partial charge in [0, 0.05) is 24.7 Å². The first-order valence-corrected chi connectivity index (χ1v) is 8.77. The molecule has 1 N–H and O–H groups in total. The number of anilines is 1. The predicted octanol–water partition coefficient (Wildman–Crippen LogP) is 2.67. The quantitative estimate of drug-likeness (QED) is 0.812. The van der Waals surface area contributed by atoms with Gasteiger partial charge < -0.3 is 14.9 Å². The zero-order chi connectivity index (χ0) is 18.4. The molecule has 0 radical (unpaired) electrons. The molecule has 0 saturated carbocycles. The molecule has 134 valence electrons. The smallest absolute Gasteiger partial charge is 0.311 e. The number of amides is 2. The Labute approximate surface area is 155 Å². The zero-order valence-corrected chi connectivity index (χ0v) is 15.2. The van der Waals surface area contributed by atoms with Gasteiger partial charge in [0.1, 0.15) is 5.92 Å². The number of carbonyl (C=O) groups is 3. The normalized spacial score (nSPS) is 26.4. The van der Waals surface area contributed by atoms with E-state index >= 15 is 0 Å². The zero-order valence-electron chi connectivity index (χ0n) is 13.7. The Morgan fingerprint density at radius 2 is 2.00 bits per heavy atom. The lowest BCUT2D eigenvalue weighted by molar-refractivity contribution is -0.147. The van der Waals surface area contributed by atoms with E-state index in [1.165, 1.54) is 9.80 Å². The Hall–Kier alpha value is -1.79. The third kappa shape index (κ3) is 3.20. The van der Waals surface area contributed by atoms with Crippen molar-refractivity contribution >= 4 is 46.7 Å². The van der Waals surface area contributed by atoms with Crippen molar-refractivity contribution in [3.63, 3.8) is 0 Å². The lowest BCUT2D eigenvalue weighted by atomic mass is 9.90. The molecular weight excluding hydrogens is 367 g/mol. The fourth-order valence-corrected chi connectivity index (χ4v) is 3.77. The van der Waals surface area contributed by atoms with Gasteiger partial charge in [0.25, 0.3) is 0 Å². The molecule has 0 aromatic heterocycles. The van der Waals surface area contributed by atoms with Gasteiger partial charge in [0.2, 0.25) is 11.8 Å². The second-order valence-corrected chi connectivity index (χ2v) is 7.65. The van der Waals surface area contributed by atoms with Crippen LogP contribution in [-0.4, -0.2) is 47.4 Å². The molecule has 6 nitrogen and oxygen atoms in total. The van der Waals surface area contributed by atoms with E-state index in [9.17, 15) is 19.5 Å². The average molecular weight is 385 g/mol. The highest BCUT2D eigenvalue weighted by atomic mass is 35.5. The van der Waals surface area contributed by atoms with Crippen molar-refractivity contribution in [3.05, 3.63) is 28.2 Å². The van der Waals surface area contributed by atoms with Gasteiger partial charge in [-0.05, 0) is 38.0 Å². The Kier molecular flexibility index (Phi) is 4.68. The maximum Gasteiger partial charge on any atom is 0.311 e. The standard InChI is InChI=1S/C17H18Cl2N2O4/c1-17(16(24)25)5-7-20(9-17)14(22)11-4-6-21(15(11)23)13-8-10(18)2-3-12(13)19/h2-3,8,11H,4-7,9H2,1H3,(H,24,25). The van der Waals surface area contributed by atoms with Crippen LogP contribution in [0.25, 0.3) is 0 Å². The Morgan fingerprint density at radius 1 is 1.28 bits per heavy atom. The van der Waals surface area contributed by atoms with Gasteiger partial charge in [-0.25, -0.2) is 0 Å². The van der Waals surface area contributed by atoms with E-state index in [1.807, 2.05) is 0 Å². The Morgan fingerprint density at radius 3 is 2.64 bits per heavy atom. The molecule has 2 aliphatic heterocycles. The molecule has 3 rings (SSSR count).